The Morgan fingerprint density at radius 3 is 2.61 bits per heavy atom. The van der Waals surface area contributed by atoms with E-state index in [-0.39, 0.29) is 13.2 Å². The molecule has 0 aliphatic carbocycles. The molecule has 1 aromatic rings. The van der Waals surface area contributed by atoms with Crippen molar-refractivity contribution >= 4 is 12.0 Å². The second-order valence-corrected chi connectivity index (χ2v) is 5.70. The molecule has 2 N–H and O–H groups in total. The normalized spacial score (nSPS) is 23.0. The molecular weight excluding hydrogens is 300 g/mol. The lowest BCUT2D eigenvalue weighted by molar-refractivity contribution is -0.216. The monoisotopic (exact) mass is 320 g/mol. The van der Waals surface area contributed by atoms with E-state index in [2.05, 4.69) is 0 Å². The number of primary amides is 1. The third-order valence-electron chi connectivity index (χ3n) is 4.25. The van der Waals surface area contributed by atoms with Crippen LogP contribution in [0.25, 0.3) is 0 Å². The van der Waals surface area contributed by atoms with Gasteiger partial charge in [-0.2, -0.15) is 0 Å². The highest BCUT2D eigenvalue weighted by Gasteiger charge is 2.51. The maximum absolute atomic E-state index is 12.2. The standard InChI is InChI=1S/C16H20N2O5/c17-14(19)13-10-18(7-6-16(13)22-8-9-23-16)15(20)21-11-12-4-2-1-3-5-12/h1-5,13H,6-11H2,(H2,17,19). The van der Waals surface area contributed by atoms with Gasteiger partial charge in [0, 0.05) is 19.5 Å². The van der Waals surface area contributed by atoms with E-state index in [1.165, 1.54) is 4.90 Å². The van der Waals surface area contributed by atoms with E-state index < -0.39 is 23.7 Å². The van der Waals surface area contributed by atoms with E-state index in [1.807, 2.05) is 30.3 Å². The SMILES string of the molecule is NC(=O)C1CN(C(=O)OCc2ccccc2)CCC12OCCO2. The van der Waals surface area contributed by atoms with Crippen molar-refractivity contribution in [3.63, 3.8) is 0 Å². The molecule has 1 aromatic carbocycles. The lowest BCUT2D eigenvalue weighted by atomic mass is 9.90. The first-order valence-electron chi connectivity index (χ1n) is 7.63. The van der Waals surface area contributed by atoms with Crippen molar-refractivity contribution in [2.45, 2.75) is 18.8 Å². The largest absolute Gasteiger partial charge is 0.445 e. The Morgan fingerprint density at radius 1 is 1.26 bits per heavy atom. The minimum atomic E-state index is -0.984. The number of piperidine rings is 1. The number of nitrogens with two attached hydrogens (primary N) is 1. The van der Waals surface area contributed by atoms with Gasteiger partial charge in [-0.25, -0.2) is 4.79 Å². The van der Waals surface area contributed by atoms with Crippen LogP contribution in [-0.2, 0) is 25.6 Å². The van der Waals surface area contributed by atoms with Crippen LogP contribution in [0.15, 0.2) is 30.3 Å². The third-order valence-corrected chi connectivity index (χ3v) is 4.25. The van der Waals surface area contributed by atoms with Gasteiger partial charge in [0.05, 0.1) is 13.2 Å². The lowest BCUT2D eigenvalue weighted by Crippen LogP contribution is -2.58. The highest BCUT2D eigenvalue weighted by atomic mass is 16.7. The number of hydrogen-bond donors (Lipinski definition) is 1. The molecule has 1 atom stereocenters. The van der Waals surface area contributed by atoms with Crippen molar-refractivity contribution in [1.29, 1.82) is 0 Å². The Kier molecular flexibility index (Phi) is 4.49. The van der Waals surface area contributed by atoms with Crippen LogP contribution in [0.1, 0.15) is 12.0 Å². The van der Waals surface area contributed by atoms with Gasteiger partial charge in [0.15, 0.2) is 5.79 Å². The average molecular weight is 320 g/mol. The van der Waals surface area contributed by atoms with Gasteiger partial charge in [-0.1, -0.05) is 30.3 Å². The molecule has 0 bridgehead atoms. The van der Waals surface area contributed by atoms with E-state index in [4.69, 9.17) is 19.9 Å². The van der Waals surface area contributed by atoms with Crippen molar-refractivity contribution < 1.29 is 23.8 Å². The molecule has 2 amide bonds. The summed E-state index contributed by atoms with van der Waals surface area (Å²) in [6.07, 6.45) is -0.0610. The van der Waals surface area contributed by atoms with Crippen molar-refractivity contribution in [2.24, 2.45) is 11.7 Å². The summed E-state index contributed by atoms with van der Waals surface area (Å²) >= 11 is 0. The Balaban J connectivity index is 1.60. The smallest absolute Gasteiger partial charge is 0.410 e. The van der Waals surface area contributed by atoms with E-state index in [1.54, 1.807) is 0 Å². The molecule has 0 radical (unpaired) electrons. The zero-order valence-corrected chi connectivity index (χ0v) is 12.8. The Hall–Kier alpha value is -2.12. The van der Waals surface area contributed by atoms with E-state index in [0.29, 0.717) is 26.2 Å². The molecule has 2 aliphatic heterocycles. The van der Waals surface area contributed by atoms with Gasteiger partial charge in [-0.3, -0.25) is 4.79 Å². The molecule has 0 saturated carbocycles. The van der Waals surface area contributed by atoms with Gasteiger partial charge < -0.3 is 24.8 Å². The Labute approximate surface area is 134 Å². The van der Waals surface area contributed by atoms with Crippen LogP contribution >= 0.6 is 0 Å². The highest BCUT2D eigenvalue weighted by Crippen LogP contribution is 2.36. The van der Waals surface area contributed by atoms with E-state index >= 15 is 0 Å². The van der Waals surface area contributed by atoms with Crippen LogP contribution in [0.2, 0.25) is 0 Å². The minimum Gasteiger partial charge on any atom is -0.445 e. The molecule has 0 aromatic heterocycles. The molecule has 1 spiro atoms. The summed E-state index contributed by atoms with van der Waals surface area (Å²) in [6, 6.07) is 9.42. The van der Waals surface area contributed by atoms with Crippen LogP contribution in [0.4, 0.5) is 4.79 Å². The van der Waals surface area contributed by atoms with Gasteiger partial charge >= 0.3 is 6.09 Å². The first-order valence-corrected chi connectivity index (χ1v) is 7.63. The average Bonchev–Trinajstić information content (AvgIpc) is 3.02. The molecule has 7 nitrogen and oxygen atoms in total. The second-order valence-electron chi connectivity index (χ2n) is 5.70. The molecular formula is C16H20N2O5. The van der Waals surface area contributed by atoms with Crippen LogP contribution in [-0.4, -0.2) is 49.0 Å². The molecule has 23 heavy (non-hydrogen) atoms. The number of rotatable bonds is 3. The maximum atomic E-state index is 12.2. The Morgan fingerprint density at radius 2 is 1.96 bits per heavy atom. The predicted octanol–water partition coefficient (Wildman–Crippen LogP) is 0.873. The van der Waals surface area contributed by atoms with Gasteiger partial charge in [0.2, 0.25) is 5.91 Å². The first-order chi connectivity index (χ1) is 11.1. The summed E-state index contributed by atoms with van der Waals surface area (Å²) < 4.78 is 16.5. The summed E-state index contributed by atoms with van der Waals surface area (Å²) in [4.78, 5) is 25.4. The molecule has 1 unspecified atom stereocenters. The van der Waals surface area contributed by atoms with Crippen molar-refractivity contribution in [3.05, 3.63) is 35.9 Å². The molecule has 2 heterocycles. The van der Waals surface area contributed by atoms with Crippen LogP contribution in [0.5, 0.6) is 0 Å². The van der Waals surface area contributed by atoms with Crippen molar-refractivity contribution in [1.82, 2.24) is 4.90 Å². The zero-order valence-electron chi connectivity index (χ0n) is 12.8. The van der Waals surface area contributed by atoms with Crippen molar-refractivity contribution in [3.8, 4) is 0 Å². The van der Waals surface area contributed by atoms with Crippen LogP contribution in [0.3, 0.4) is 0 Å². The van der Waals surface area contributed by atoms with Gasteiger partial charge in [0.25, 0.3) is 0 Å². The second kappa shape index (κ2) is 6.55. The molecule has 2 aliphatic rings. The first kappa shape index (κ1) is 15.8. The molecule has 2 saturated heterocycles. The number of carbonyl (C=O) groups is 2. The lowest BCUT2D eigenvalue weighted by Gasteiger charge is -2.41. The number of nitrogens with zero attached hydrogens (tertiary/aromatic N) is 1. The fourth-order valence-corrected chi connectivity index (χ4v) is 3.01. The molecule has 2 fully saturated rings. The topological polar surface area (TPSA) is 91.1 Å². The fraction of sp³-hybridized carbons (Fsp3) is 0.500. The predicted molar refractivity (Wildman–Crippen MR) is 80.1 cm³/mol. The summed E-state index contributed by atoms with van der Waals surface area (Å²) in [5, 5.41) is 0. The van der Waals surface area contributed by atoms with Gasteiger partial charge in [-0.15, -0.1) is 0 Å². The maximum Gasteiger partial charge on any atom is 0.410 e. The quantitative estimate of drug-likeness (QED) is 0.892. The summed E-state index contributed by atoms with van der Waals surface area (Å²) in [6.45, 7) is 1.60. The summed E-state index contributed by atoms with van der Waals surface area (Å²) in [5.74, 6) is -2.21. The molecule has 3 rings (SSSR count). The van der Waals surface area contributed by atoms with Crippen molar-refractivity contribution in [2.75, 3.05) is 26.3 Å². The molecule has 124 valence electrons. The van der Waals surface area contributed by atoms with Crippen LogP contribution in [0, 0.1) is 5.92 Å². The van der Waals surface area contributed by atoms with E-state index in [0.717, 1.165) is 5.56 Å². The fourth-order valence-electron chi connectivity index (χ4n) is 3.01. The Bertz CT molecular complexity index is 571. The van der Waals surface area contributed by atoms with Crippen LogP contribution < -0.4 is 5.73 Å². The number of ether oxygens (including phenoxy) is 3. The zero-order chi connectivity index (χ0) is 16.3. The number of amides is 2. The number of carbonyl (C=O) groups excluding carboxylic acids is 2. The van der Waals surface area contributed by atoms with E-state index in [9.17, 15) is 9.59 Å². The number of benzene rings is 1. The van der Waals surface area contributed by atoms with Gasteiger partial charge in [-0.05, 0) is 5.56 Å². The number of likely N-dealkylation sites (tertiary alicyclic amines) is 1. The third kappa shape index (κ3) is 3.30. The summed E-state index contributed by atoms with van der Waals surface area (Å²) in [5.41, 5.74) is 6.38. The highest BCUT2D eigenvalue weighted by molar-refractivity contribution is 5.79. The van der Waals surface area contributed by atoms with Gasteiger partial charge in [0.1, 0.15) is 12.5 Å². The molecule has 7 heteroatoms. The minimum absolute atomic E-state index is 0.142. The number of hydrogen-bond acceptors (Lipinski definition) is 5. The summed E-state index contributed by atoms with van der Waals surface area (Å²) in [7, 11) is 0.